The molecule has 0 saturated carbocycles. The van der Waals surface area contributed by atoms with Crippen molar-refractivity contribution < 1.29 is 18.3 Å². The maximum absolute atomic E-state index is 13.5. The molecule has 0 unspecified atom stereocenters. The first-order valence-corrected chi connectivity index (χ1v) is 9.09. The third-order valence-electron chi connectivity index (χ3n) is 3.90. The lowest BCUT2D eigenvalue weighted by atomic mass is 10.3. The van der Waals surface area contributed by atoms with Crippen LogP contribution in [0.2, 0.25) is 0 Å². The van der Waals surface area contributed by atoms with E-state index >= 15 is 0 Å². The Morgan fingerprint density at radius 2 is 2.04 bits per heavy atom. The van der Waals surface area contributed by atoms with Crippen LogP contribution in [0.5, 0.6) is 5.75 Å². The van der Waals surface area contributed by atoms with Crippen molar-refractivity contribution in [2.45, 2.75) is 13.3 Å². The topological polar surface area (TPSA) is 58.1 Å². The summed E-state index contributed by atoms with van der Waals surface area (Å²) >= 11 is 0. The number of hydrogen-bond acceptors (Lipinski definition) is 4. The third-order valence-corrected chi connectivity index (χ3v) is 3.90. The lowest BCUT2D eigenvalue weighted by Gasteiger charge is -2.26. The number of benzene rings is 1. The fourth-order valence-electron chi connectivity index (χ4n) is 2.57. The molecule has 0 bridgehead atoms. The van der Waals surface area contributed by atoms with Gasteiger partial charge in [-0.15, -0.1) is 24.0 Å². The molecule has 27 heavy (non-hydrogen) atoms. The van der Waals surface area contributed by atoms with Gasteiger partial charge in [-0.2, -0.15) is 0 Å². The van der Waals surface area contributed by atoms with Gasteiger partial charge >= 0.3 is 0 Å². The number of halogens is 3. The first-order valence-electron chi connectivity index (χ1n) is 9.09. The second kappa shape index (κ2) is 13.9. The summed E-state index contributed by atoms with van der Waals surface area (Å²) < 4.78 is 37.0. The highest BCUT2D eigenvalue weighted by Gasteiger charge is 2.09. The smallest absolute Gasteiger partial charge is 0.191 e. The standard InChI is InChI=1S/C18H28F2N4O2.HI/c1-2-21-18(22-6-3-8-24-9-12-25-13-10-24)23-7-11-26-17-5-4-15(19)14-16(17)20;/h4-5,14H,2-3,6-13H2,1H3,(H2,21,22,23);1H. The van der Waals surface area contributed by atoms with Crippen LogP contribution in [0.15, 0.2) is 23.2 Å². The SMILES string of the molecule is CCNC(=NCCCN1CCOCC1)NCCOc1ccc(F)cc1F.I. The van der Waals surface area contributed by atoms with Crippen molar-refractivity contribution in [2.24, 2.45) is 4.99 Å². The van der Waals surface area contributed by atoms with E-state index in [4.69, 9.17) is 9.47 Å². The molecule has 9 heteroatoms. The minimum atomic E-state index is -0.700. The molecule has 1 aliphatic rings. The van der Waals surface area contributed by atoms with E-state index in [1.165, 1.54) is 12.1 Å². The minimum Gasteiger partial charge on any atom is -0.489 e. The van der Waals surface area contributed by atoms with Gasteiger partial charge in [-0.05, 0) is 25.5 Å². The summed E-state index contributed by atoms with van der Waals surface area (Å²) in [4.78, 5) is 6.91. The second-order valence-electron chi connectivity index (χ2n) is 5.92. The van der Waals surface area contributed by atoms with Crippen molar-refractivity contribution in [3.05, 3.63) is 29.8 Å². The van der Waals surface area contributed by atoms with Gasteiger partial charge in [-0.3, -0.25) is 9.89 Å². The van der Waals surface area contributed by atoms with Crippen molar-refractivity contribution in [3.63, 3.8) is 0 Å². The molecule has 0 aromatic heterocycles. The van der Waals surface area contributed by atoms with Gasteiger partial charge in [0.2, 0.25) is 0 Å². The van der Waals surface area contributed by atoms with Crippen LogP contribution in [0.4, 0.5) is 8.78 Å². The quantitative estimate of drug-likeness (QED) is 0.237. The molecule has 2 N–H and O–H groups in total. The Morgan fingerprint density at radius 3 is 2.74 bits per heavy atom. The fourth-order valence-corrected chi connectivity index (χ4v) is 2.57. The molecule has 0 spiro atoms. The number of morpholine rings is 1. The third kappa shape index (κ3) is 9.52. The van der Waals surface area contributed by atoms with Gasteiger partial charge in [-0.25, -0.2) is 8.78 Å². The first kappa shape index (κ1) is 23.8. The normalized spacial score (nSPS) is 15.1. The summed E-state index contributed by atoms with van der Waals surface area (Å²) in [5, 5.41) is 6.31. The predicted octanol–water partition coefficient (Wildman–Crippen LogP) is 2.24. The second-order valence-corrected chi connectivity index (χ2v) is 5.92. The lowest BCUT2D eigenvalue weighted by molar-refractivity contribution is 0.0377. The molecule has 6 nitrogen and oxygen atoms in total. The molecule has 2 rings (SSSR count). The van der Waals surface area contributed by atoms with E-state index in [9.17, 15) is 8.78 Å². The molecule has 1 aliphatic heterocycles. The zero-order valence-corrected chi connectivity index (χ0v) is 18.0. The van der Waals surface area contributed by atoms with Crippen LogP contribution < -0.4 is 15.4 Å². The largest absolute Gasteiger partial charge is 0.489 e. The Bertz CT molecular complexity index is 572. The van der Waals surface area contributed by atoms with E-state index < -0.39 is 11.6 Å². The van der Waals surface area contributed by atoms with Gasteiger partial charge in [0.25, 0.3) is 0 Å². The minimum absolute atomic E-state index is 0. The van der Waals surface area contributed by atoms with E-state index in [-0.39, 0.29) is 36.3 Å². The Hall–Kier alpha value is -1.20. The lowest BCUT2D eigenvalue weighted by Crippen LogP contribution is -2.40. The highest BCUT2D eigenvalue weighted by molar-refractivity contribution is 14.0. The van der Waals surface area contributed by atoms with Crippen LogP contribution in [-0.2, 0) is 4.74 Å². The van der Waals surface area contributed by atoms with Crippen LogP contribution in [0.1, 0.15) is 13.3 Å². The van der Waals surface area contributed by atoms with Gasteiger partial charge in [0, 0.05) is 38.8 Å². The Labute approximate surface area is 176 Å². The summed E-state index contributed by atoms with van der Waals surface area (Å²) in [6.45, 7) is 8.78. The maximum atomic E-state index is 13.5. The van der Waals surface area contributed by atoms with Crippen LogP contribution in [0.3, 0.4) is 0 Å². The molecule has 1 saturated heterocycles. The molecular weight excluding hydrogens is 469 g/mol. The van der Waals surface area contributed by atoms with Crippen molar-refractivity contribution >= 4 is 29.9 Å². The van der Waals surface area contributed by atoms with Gasteiger partial charge in [0.15, 0.2) is 17.5 Å². The molecule has 0 aliphatic carbocycles. The van der Waals surface area contributed by atoms with Crippen molar-refractivity contribution in [1.82, 2.24) is 15.5 Å². The maximum Gasteiger partial charge on any atom is 0.191 e. The van der Waals surface area contributed by atoms with Gasteiger partial charge < -0.3 is 20.1 Å². The number of nitrogens with one attached hydrogen (secondary N) is 2. The summed E-state index contributed by atoms with van der Waals surface area (Å²) in [5.41, 5.74) is 0. The number of nitrogens with zero attached hydrogens (tertiary/aromatic N) is 2. The number of rotatable bonds is 9. The summed E-state index contributed by atoms with van der Waals surface area (Å²) in [5.74, 6) is -0.571. The average molecular weight is 498 g/mol. The molecule has 1 heterocycles. The Morgan fingerprint density at radius 1 is 1.26 bits per heavy atom. The summed E-state index contributed by atoms with van der Waals surface area (Å²) in [7, 11) is 0. The van der Waals surface area contributed by atoms with E-state index in [0.29, 0.717) is 12.5 Å². The molecule has 154 valence electrons. The van der Waals surface area contributed by atoms with Crippen molar-refractivity contribution in [1.29, 1.82) is 0 Å². The van der Waals surface area contributed by atoms with E-state index in [0.717, 1.165) is 58.4 Å². The molecular formula is C18H29F2IN4O2. The van der Waals surface area contributed by atoms with Gasteiger partial charge in [0.1, 0.15) is 12.4 Å². The van der Waals surface area contributed by atoms with Gasteiger partial charge in [-0.1, -0.05) is 0 Å². The van der Waals surface area contributed by atoms with Crippen LogP contribution >= 0.6 is 24.0 Å². The fraction of sp³-hybridized carbons (Fsp3) is 0.611. The van der Waals surface area contributed by atoms with E-state index in [1.54, 1.807) is 0 Å². The first-order chi connectivity index (χ1) is 12.7. The van der Waals surface area contributed by atoms with E-state index in [1.807, 2.05) is 6.92 Å². The number of aliphatic imine (C=N–C) groups is 1. The highest BCUT2D eigenvalue weighted by Crippen LogP contribution is 2.17. The molecule has 1 aromatic carbocycles. The molecule has 0 atom stereocenters. The Kier molecular flexibility index (Phi) is 12.3. The van der Waals surface area contributed by atoms with Crippen LogP contribution in [0.25, 0.3) is 0 Å². The number of ether oxygens (including phenoxy) is 2. The summed E-state index contributed by atoms with van der Waals surface area (Å²) in [6.07, 6.45) is 0.980. The van der Waals surface area contributed by atoms with Crippen LogP contribution in [-0.4, -0.2) is 69.9 Å². The zero-order valence-electron chi connectivity index (χ0n) is 15.7. The molecule has 1 fully saturated rings. The Balaban J connectivity index is 0.00000364. The number of guanidine groups is 1. The predicted molar refractivity (Wildman–Crippen MR) is 113 cm³/mol. The molecule has 0 radical (unpaired) electrons. The number of hydrogen-bond donors (Lipinski definition) is 2. The average Bonchev–Trinajstić information content (AvgIpc) is 2.64. The van der Waals surface area contributed by atoms with Crippen molar-refractivity contribution in [2.75, 3.05) is 59.1 Å². The molecule has 1 aromatic rings. The van der Waals surface area contributed by atoms with E-state index in [2.05, 4.69) is 20.5 Å². The summed E-state index contributed by atoms with van der Waals surface area (Å²) in [6, 6.07) is 3.27. The van der Waals surface area contributed by atoms with Crippen molar-refractivity contribution in [3.8, 4) is 5.75 Å². The molecule has 0 amide bonds. The van der Waals surface area contributed by atoms with Crippen LogP contribution in [0, 0.1) is 11.6 Å². The highest BCUT2D eigenvalue weighted by atomic mass is 127. The monoisotopic (exact) mass is 498 g/mol. The van der Waals surface area contributed by atoms with Gasteiger partial charge in [0.05, 0.1) is 19.8 Å². The zero-order chi connectivity index (χ0) is 18.6.